The smallest absolute Gasteiger partial charge is 0.270 e. The highest BCUT2D eigenvalue weighted by atomic mass is 16.1. The maximum atomic E-state index is 12.1. The summed E-state index contributed by atoms with van der Waals surface area (Å²) in [6, 6.07) is 4.15. The summed E-state index contributed by atoms with van der Waals surface area (Å²) in [5.41, 5.74) is 8.17. The predicted molar refractivity (Wildman–Crippen MR) is 82.2 cm³/mol. The predicted octanol–water partition coefficient (Wildman–Crippen LogP) is 0.523. The average Bonchev–Trinajstić information content (AvgIpc) is 2.48. The van der Waals surface area contributed by atoms with Crippen LogP contribution in [0.3, 0.4) is 0 Å². The van der Waals surface area contributed by atoms with Gasteiger partial charge >= 0.3 is 0 Å². The normalized spacial score (nSPS) is 17.4. The second-order valence-electron chi connectivity index (χ2n) is 5.72. The lowest BCUT2D eigenvalue weighted by Gasteiger charge is -2.30. The molecule has 2 aromatic heterocycles. The molecular weight excluding hydrogens is 266 g/mol. The van der Waals surface area contributed by atoms with Crippen LogP contribution in [0.4, 0.5) is 0 Å². The Kier molecular flexibility index (Phi) is 3.98. The van der Waals surface area contributed by atoms with Crippen molar-refractivity contribution in [2.45, 2.75) is 32.4 Å². The summed E-state index contributed by atoms with van der Waals surface area (Å²) in [6.45, 7) is 5.43. The van der Waals surface area contributed by atoms with Crippen molar-refractivity contribution in [1.82, 2.24) is 19.4 Å². The van der Waals surface area contributed by atoms with E-state index in [1.807, 2.05) is 19.1 Å². The first-order chi connectivity index (χ1) is 10.1. The number of rotatable bonds is 3. The van der Waals surface area contributed by atoms with Gasteiger partial charge in [0, 0.05) is 24.8 Å². The van der Waals surface area contributed by atoms with E-state index in [0.717, 1.165) is 43.7 Å². The largest absolute Gasteiger partial charge is 0.328 e. The van der Waals surface area contributed by atoms with Gasteiger partial charge in [-0.15, -0.1) is 0 Å². The van der Waals surface area contributed by atoms with Gasteiger partial charge in [-0.25, -0.2) is 9.97 Å². The number of hydrogen-bond donors (Lipinski definition) is 1. The number of aromatic nitrogens is 3. The SMILES string of the molecule is Cc1ccc2ncc(=O)n(CCN3CCC(N)CC3)c2n1. The van der Waals surface area contributed by atoms with Crippen molar-refractivity contribution in [3.8, 4) is 0 Å². The third kappa shape index (κ3) is 3.11. The number of aryl methyl sites for hydroxylation is 1. The van der Waals surface area contributed by atoms with Gasteiger partial charge in [0.05, 0.1) is 6.20 Å². The van der Waals surface area contributed by atoms with E-state index in [0.29, 0.717) is 18.2 Å². The van der Waals surface area contributed by atoms with E-state index in [4.69, 9.17) is 5.73 Å². The molecule has 3 rings (SSSR count). The number of nitrogens with zero attached hydrogens (tertiary/aromatic N) is 4. The van der Waals surface area contributed by atoms with Crippen LogP contribution >= 0.6 is 0 Å². The molecule has 1 saturated heterocycles. The molecule has 0 amide bonds. The lowest BCUT2D eigenvalue weighted by Crippen LogP contribution is -2.41. The van der Waals surface area contributed by atoms with Crippen molar-refractivity contribution >= 4 is 11.2 Å². The minimum absolute atomic E-state index is 0.0886. The van der Waals surface area contributed by atoms with Gasteiger partial charge in [-0.1, -0.05) is 0 Å². The van der Waals surface area contributed by atoms with Gasteiger partial charge in [0.15, 0.2) is 5.65 Å². The van der Waals surface area contributed by atoms with Crippen LogP contribution < -0.4 is 11.3 Å². The number of fused-ring (bicyclic) bond motifs is 1. The molecule has 0 atom stereocenters. The lowest BCUT2D eigenvalue weighted by molar-refractivity contribution is 0.206. The molecule has 0 bridgehead atoms. The quantitative estimate of drug-likeness (QED) is 0.890. The van der Waals surface area contributed by atoms with Crippen molar-refractivity contribution in [2.24, 2.45) is 5.73 Å². The molecule has 2 N–H and O–H groups in total. The van der Waals surface area contributed by atoms with Crippen LogP contribution in [-0.2, 0) is 6.54 Å². The molecule has 21 heavy (non-hydrogen) atoms. The maximum absolute atomic E-state index is 12.1. The van der Waals surface area contributed by atoms with Crippen molar-refractivity contribution in [3.05, 3.63) is 34.4 Å². The molecule has 0 spiro atoms. The molecule has 3 heterocycles. The van der Waals surface area contributed by atoms with Crippen LogP contribution in [-0.4, -0.2) is 45.1 Å². The number of piperidine rings is 1. The second-order valence-corrected chi connectivity index (χ2v) is 5.72. The highest BCUT2D eigenvalue weighted by Crippen LogP contribution is 2.10. The molecule has 0 saturated carbocycles. The fourth-order valence-corrected chi connectivity index (χ4v) is 2.77. The maximum Gasteiger partial charge on any atom is 0.270 e. The summed E-state index contributed by atoms with van der Waals surface area (Å²) in [5.74, 6) is 0. The van der Waals surface area contributed by atoms with Crippen molar-refractivity contribution in [3.63, 3.8) is 0 Å². The standard InChI is InChI=1S/C15H21N5O/c1-11-2-3-13-15(18-11)20(14(21)10-17-13)9-8-19-6-4-12(16)5-7-19/h2-3,10,12H,4-9,16H2,1H3. The van der Waals surface area contributed by atoms with E-state index in [2.05, 4.69) is 14.9 Å². The molecule has 1 fully saturated rings. The topological polar surface area (TPSA) is 77.0 Å². The van der Waals surface area contributed by atoms with E-state index in [9.17, 15) is 4.79 Å². The molecule has 2 aromatic rings. The highest BCUT2D eigenvalue weighted by molar-refractivity contribution is 5.69. The summed E-state index contributed by atoms with van der Waals surface area (Å²) in [4.78, 5) is 23.1. The van der Waals surface area contributed by atoms with E-state index < -0.39 is 0 Å². The van der Waals surface area contributed by atoms with Gasteiger partial charge in [-0.2, -0.15) is 0 Å². The Morgan fingerprint density at radius 2 is 2.05 bits per heavy atom. The van der Waals surface area contributed by atoms with Crippen LogP contribution in [0.5, 0.6) is 0 Å². The number of hydrogen-bond acceptors (Lipinski definition) is 5. The van der Waals surface area contributed by atoms with Gasteiger partial charge < -0.3 is 10.6 Å². The van der Waals surface area contributed by atoms with Gasteiger partial charge in [0.1, 0.15) is 5.52 Å². The molecule has 0 aliphatic carbocycles. The molecule has 6 nitrogen and oxygen atoms in total. The Morgan fingerprint density at radius 3 is 2.81 bits per heavy atom. The van der Waals surface area contributed by atoms with Gasteiger partial charge in [-0.05, 0) is 45.0 Å². The van der Waals surface area contributed by atoms with Gasteiger partial charge in [-0.3, -0.25) is 9.36 Å². The fourth-order valence-electron chi connectivity index (χ4n) is 2.77. The molecule has 0 unspecified atom stereocenters. The summed E-state index contributed by atoms with van der Waals surface area (Å²) in [6.07, 6.45) is 3.44. The Hall–Kier alpha value is -1.79. The minimum atomic E-state index is -0.0886. The first kappa shape index (κ1) is 14.2. The molecule has 112 valence electrons. The average molecular weight is 287 g/mol. The highest BCUT2D eigenvalue weighted by Gasteiger charge is 2.16. The summed E-state index contributed by atoms with van der Waals surface area (Å²) < 4.78 is 1.73. The molecule has 1 aliphatic heterocycles. The zero-order valence-corrected chi connectivity index (χ0v) is 12.3. The molecule has 0 radical (unpaired) electrons. The number of pyridine rings is 1. The van der Waals surface area contributed by atoms with Crippen LogP contribution in [0.25, 0.3) is 11.2 Å². The number of nitrogens with two attached hydrogens (primary N) is 1. The minimum Gasteiger partial charge on any atom is -0.328 e. The zero-order valence-electron chi connectivity index (χ0n) is 12.3. The lowest BCUT2D eigenvalue weighted by atomic mass is 10.1. The molecule has 1 aliphatic rings. The van der Waals surface area contributed by atoms with Crippen LogP contribution in [0.15, 0.2) is 23.1 Å². The van der Waals surface area contributed by atoms with Crippen LogP contribution in [0.2, 0.25) is 0 Å². The Morgan fingerprint density at radius 1 is 1.29 bits per heavy atom. The van der Waals surface area contributed by atoms with E-state index in [1.165, 1.54) is 6.20 Å². The zero-order chi connectivity index (χ0) is 14.8. The second kappa shape index (κ2) is 5.91. The number of likely N-dealkylation sites (tertiary alicyclic amines) is 1. The van der Waals surface area contributed by atoms with Crippen LogP contribution in [0.1, 0.15) is 18.5 Å². The summed E-state index contributed by atoms with van der Waals surface area (Å²) in [5, 5.41) is 0. The Bertz CT molecular complexity index is 688. The Labute approximate surface area is 123 Å². The van der Waals surface area contributed by atoms with Gasteiger partial charge in [0.25, 0.3) is 5.56 Å². The van der Waals surface area contributed by atoms with Crippen LogP contribution in [0, 0.1) is 6.92 Å². The summed E-state index contributed by atoms with van der Waals surface area (Å²) >= 11 is 0. The third-order valence-corrected chi connectivity index (χ3v) is 4.10. The summed E-state index contributed by atoms with van der Waals surface area (Å²) in [7, 11) is 0. The molecular formula is C15H21N5O. The monoisotopic (exact) mass is 287 g/mol. The van der Waals surface area contributed by atoms with Crippen molar-refractivity contribution in [1.29, 1.82) is 0 Å². The van der Waals surface area contributed by atoms with Gasteiger partial charge in [0.2, 0.25) is 0 Å². The van der Waals surface area contributed by atoms with Crippen molar-refractivity contribution in [2.75, 3.05) is 19.6 Å². The third-order valence-electron chi connectivity index (χ3n) is 4.10. The first-order valence-corrected chi connectivity index (χ1v) is 7.44. The fraction of sp³-hybridized carbons (Fsp3) is 0.533. The van der Waals surface area contributed by atoms with E-state index in [-0.39, 0.29) is 5.56 Å². The van der Waals surface area contributed by atoms with Crippen molar-refractivity contribution < 1.29 is 0 Å². The van der Waals surface area contributed by atoms with E-state index in [1.54, 1.807) is 4.57 Å². The first-order valence-electron chi connectivity index (χ1n) is 7.44. The molecule has 6 heteroatoms. The molecule has 0 aromatic carbocycles. The van der Waals surface area contributed by atoms with E-state index >= 15 is 0 Å². The Balaban J connectivity index is 1.81.